The first-order valence-electron chi connectivity index (χ1n) is 7.95. The van der Waals surface area contributed by atoms with Gasteiger partial charge in [0.25, 0.3) is 0 Å². The van der Waals surface area contributed by atoms with Gasteiger partial charge in [0.1, 0.15) is 12.4 Å². The number of hydrogen-bond donors (Lipinski definition) is 0. The third-order valence-electron chi connectivity index (χ3n) is 4.14. The quantitative estimate of drug-likeness (QED) is 0.580. The number of ether oxygens (including phenoxy) is 1. The first kappa shape index (κ1) is 15.8. The molecule has 0 saturated carbocycles. The van der Waals surface area contributed by atoms with E-state index in [2.05, 4.69) is 31.8 Å². The molecule has 0 saturated heterocycles. The largest absolute Gasteiger partial charge is 0.488 e. The van der Waals surface area contributed by atoms with Crippen LogP contribution in [0.25, 0.3) is 5.20 Å². The summed E-state index contributed by atoms with van der Waals surface area (Å²) in [6.45, 7) is 9.20. The van der Waals surface area contributed by atoms with Crippen molar-refractivity contribution in [2.75, 3.05) is 6.61 Å². The Morgan fingerprint density at radius 3 is 2.39 bits per heavy atom. The van der Waals surface area contributed by atoms with Crippen molar-refractivity contribution in [2.45, 2.75) is 26.6 Å². The van der Waals surface area contributed by atoms with Crippen LogP contribution in [-0.4, -0.2) is 20.5 Å². The summed E-state index contributed by atoms with van der Waals surface area (Å²) in [5, 5.41) is 1.20. The highest BCUT2D eigenvalue weighted by Gasteiger charge is 2.32. The molecule has 23 heavy (non-hydrogen) atoms. The zero-order valence-corrected chi connectivity index (χ0v) is 15.1. The van der Waals surface area contributed by atoms with Gasteiger partial charge in [-0.1, -0.05) is 61.6 Å². The Kier molecular flexibility index (Phi) is 3.98. The van der Waals surface area contributed by atoms with E-state index in [1.165, 1.54) is 5.20 Å². The van der Waals surface area contributed by atoms with Crippen molar-refractivity contribution in [1.29, 1.82) is 0 Å². The van der Waals surface area contributed by atoms with Gasteiger partial charge < -0.3 is 4.74 Å². The lowest BCUT2D eigenvalue weighted by molar-refractivity contribution is 0.100. The molecule has 0 unspecified atom stereocenters. The van der Waals surface area contributed by atoms with Crippen LogP contribution in [0.4, 0.5) is 0 Å². The Bertz CT molecular complexity index is 783. The van der Waals surface area contributed by atoms with E-state index in [0.717, 1.165) is 16.7 Å². The van der Waals surface area contributed by atoms with Crippen LogP contribution >= 0.6 is 0 Å². The monoisotopic (exact) mass is 322 g/mol. The number of fused-ring (bicyclic) bond motifs is 1. The maximum absolute atomic E-state index is 13.1. The molecule has 0 radical (unpaired) electrons. The molecule has 1 aliphatic rings. The van der Waals surface area contributed by atoms with Gasteiger partial charge in [0.2, 0.25) is 0 Å². The van der Waals surface area contributed by atoms with Crippen molar-refractivity contribution >= 4 is 19.1 Å². The fourth-order valence-corrected chi connectivity index (χ4v) is 5.30. The van der Waals surface area contributed by atoms with E-state index in [0.29, 0.717) is 17.9 Å². The van der Waals surface area contributed by atoms with Crippen molar-refractivity contribution in [3.63, 3.8) is 0 Å². The zero-order chi connectivity index (χ0) is 16.6. The number of Topliss-reactive ketones (excluding diaryl/α,β-unsaturated/α-hetero) is 1. The van der Waals surface area contributed by atoms with Crippen LogP contribution < -0.4 is 4.74 Å². The topological polar surface area (TPSA) is 26.3 Å². The molecule has 2 aromatic rings. The molecule has 0 atom stereocenters. The van der Waals surface area contributed by atoms with Crippen LogP contribution in [0.15, 0.2) is 54.1 Å². The van der Waals surface area contributed by atoms with Crippen molar-refractivity contribution < 1.29 is 9.53 Å². The SMILES string of the molecule is Cc1ccc2c(c1)C(=O)/C(=C(/c1ccccc1)[Si](C)(C)C)CO2. The van der Waals surface area contributed by atoms with Gasteiger partial charge in [0, 0.05) is 5.57 Å². The van der Waals surface area contributed by atoms with Crippen LogP contribution in [0.3, 0.4) is 0 Å². The predicted molar refractivity (Wildman–Crippen MR) is 97.7 cm³/mol. The van der Waals surface area contributed by atoms with E-state index >= 15 is 0 Å². The maximum Gasteiger partial charge on any atom is 0.196 e. The average molecular weight is 322 g/mol. The molecular formula is C20H22O2Si. The number of carbonyl (C=O) groups is 1. The van der Waals surface area contributed by atoms with E-state index in [4.69, 9.17) is 4.74 Å². The lowest BCUT2D eigenvalue weighted by Crippen LogP contribution is -2.30. The van der Waals surface area contributed by atoms with Crippen LogP contribution in [0.2, 0.25) is 19.6 Å². The molecule has 1 heterocycles. The summed E-state index contributed by atoms with van der Waals surface area (Å²) in [4.78, 5) is 13.1. The number of ketones is 1. The first-order valence-corrected chi connectivity index (χ1v) is 11.4. The van der Waals surface area contributed by atoms with Crippen LogP contribution in [0, 0.1) is 6.92 Å². The van der Waals surface area contributed by atoms with Crippen molar-refractivity contribution in [3.8, 4) is 5.75 Å². The van der Waals surface area contributed by atoms with Crippen molar-refractivity contribution in [3.05, 3.63) is 70.8 Å². The van der Waals surface area contributed by atoms with Gasteiger partial charge in [-0.15, -0.1) is 0 Å². The maximum atomic E-state index is 13.1. The smallest absolute Gasteiger partial charge is 0.196 e. The molecule has 2 nitrogen and oxygen atoms in total. The predicted octanol–water partition coefficient (Wildman–Crippen LogP) is 4.90. The Hall–Kier alpha value is -2.13. The minimum Gasteiger partial charge on any atom is -0.488 e. The highest BCUT2D eigenvalue weighted by molar-refractivity contribution is 6.94. The van der Waals surface area contributed by atoms with E-state index in [-0.39, 0.29) is 5.78 Å². The normalized spacial score (nSPS) is 16.6. The van der Waals surface area contributed by atoms with Gasteiger partial charge in [-0.2, -0.15) is 0 Å². The van der Waals surface area contributed by atoms with Crippen molar-refractivity contribution in [1.82, 2.24) is 0 Å². The minimum absolute atomic E-state index is 0.122. The standard InChI is InChI=1S/C20H22O2Si/c1-14-10-11-18-16(12-14)19(21)17(13-22-18)20(23(2,3)4)15-8-6-5-7-9-15/h5-12H,13H2,1-4H3/b20-17-. The number of benzene rings is 2. The number of hydrogen-bond acceptors (Lipinski definition) is 2. The molecule has 118 valence electrons. The third kappa shape index (κ3) is 3.01. The molecule has 0 aromatic heterocycles. The molecule has 0 spiro atoms. The summed E-state index contributed by atoms with van der Waals surface area (Å²) in [5.41, 5.74) is 3.75. The second-order valence-electron chi connectivity index (χ2n) is 7.09. The van der Waals surface area contributed by atoms with E-state index in [1.54, 1.807) is 0 Å². The van der Waals surface area contributed by atoms with Gasteiger partial charge in [0.05, 0.1) is 13.6 Å². The molecule has 0 N–H and O–H groups in total. The molecule has 2 aromatic carbocycles. The fraction of sp³-hybridized carbons (Fsp3) is 0.250. The summed E-state index contributed by atoms with van der Waals surface area (Å²) >= 11 is 0. The zero-order valence-electron chi connectivity index (χ0n) is 14.1. The second-order valence-corrected chi connectivity index (χ2v) is 12.1. The molecular weight excluding hydrogens is 300 g/mol. The molecule has 0 bridgehead atoms. The van der Waals surface area contributed by atoms with E-state index in [1.807, 2.05) is 43.3 Å². The van der Waals surface area contributed by atoms with Crippen LogP contribution in [0.5, 0.6) is 5.75 Å². The Labute approximate surface area is 138 Å². The van der Waals surface area contributed by atoms with Crippen molar-refractivity contribution in [2.24, 2.45) is 0 Å². The lowest BCUT2D eigenvalue weighted by Gasteiger charge is -2.28. The van der Waals surface area contributed by atoms with Gasteiger partial charge in [0.15, 0.2) is 5.78 Å². The average Bonchev–Trinajstić information content (AvgIpc) is 2.50. The van der Waals surface area contributed by atoms with E-state index in [9.17, 15) is 4.79 Å². The molecule has 1 aliphatic heterocycles. The van der Waals surface area contributed by atoms with Gasteiger partial charge in [-0.25, -0.2) is 0 Å². The highest BCUT2D eigenvalue weighted by Crippen LogP contribution is 2.35. The molecule has 3 rings (SSSR count). The lowest BCUT2D eigenvalue weighted by atomic mass is 9.97. The van der Waals surface area contributed by atoms with E-state index < -0.39 is 8.07 Å². The number of carbonyl (C=O) groups excluding carboxylic acids is 1. The number of aryl methyl sites for hydroxylation is 1. The Morgan fingerprint density at radius 2 is 1.74 bits per heavy atom. The third-order valence-corrected chi connectivity index (χ3v) is 6.23. The second kappa shape index (κ2) is 5.82. The fourth-order valence-electron chi connectivity index (χ4n) is 3.18. The summed E-state index contributed by atoms with van der Waals surface area (Å²) in [6.07, 6.45) is 0. The van der Waals surface area contributed by atoms with Crippen LogP contribution in [-0.2, 0) is 0 Å². The van der Waals surface area contributed by atoms with Gasteiger partial charge >= 0.3 is 0 Å². The van der Waals surface area contributed by atoms with Gasteiger partial charge in [-0.05, 0) is 29.8 Å². The first-order chi connectivity index (χ1) is 10.9. The highest BCUT2D eigenvalue weighted by atomic mass is 28.3. The Morgan fingerprint density at radius 1 is 1.04 bits per heavy atom. The number of rotatable bonds is 2. The summed E-state index contributed by atoms with van der Waals surface area (Å²) in [6, 6.07) is 16.1. The molecule has 0 fully saturated rings. The summed E-state index contributed by atoms with van der Waals surface area (Å²) in [5.74, 6) is 0.823. The molecule has 3 heteroatoms. The van der Waals surface area contributed by atoms with Gasteiger partial charge in [-0.3, -0.25) is 4.79 Å². The summed E-state index contributed by atoms with van der Waals surface area (Å²) < 4.78 is 5.90. The summed E-state index contributed by atoms with van der Waals surface area (Å²) in [7, 11) is -1.71. The Balaban J connectivity index is 2.20. The minimum atomic E-state index is -1.71. The van der Waals surface area contributed by atoms with Crippen LogP contribution in [0.1, 0.15) is 21.5 Å². The molecule has 0 amide bonds. The molecule has 0 aliphatic carbocycles.